The summed E-state index contributed by atoms with van der Waals surface area (Å²) in [6.07, 6.45) is 54.3. The SMILES string of the molecule is CCCCCCCCCCCCCCCCCC(=O)O.CCCCCCCCCCCCCCOCCCCCCCCCCCCCC. The Kier molecular flexibility index (Phi) is 51.1. The van der Waals surface area contributed by atoms with Gasteiger partial charge in [-0.1, -0.05) is 252 Å². The average molecular weight is 695 g/mol. The molecule has 3 heteroatoms. The van der Waals surface area contributed by atoms with Crippen molar-refractivity contribution in [2.75, 3.05) is 13.2 Å². The summed E-state index contributed by atoms with van der Waals surface area (Å²) in [5.74, 6) is -0.653. The van der Waals surface area contributed by atoms with Gasteiger partial charge >= 0.3 is 5.97 Å². The molecule has 0 rings (SSSR count). The van der Waals surface area contributed by atoms with Crippen molar-refractivity contribution in [3.63, 3.8) is 0 Å². The lowest BCUT2D eigenvalue weighted by atomic mass is 10.0. The first-order chi connectivity index (χ1) is 24.2. The summed E-state index contributed by atoms with van der Waals surface area (Å²) in [6.45, 7) is 8.85. The number of unbranched alkanes of at least 4 members (excludes halogenated alkanes) is 36. The fraction of sp³-hybridized carbons (Fsp3) is 0.978. The van der Waals surface area contributed by atoms with Crippen LogP contribution in [-0.2, 0) is 9.53 Å². The Bertz CT molecular complexity index is 537. The molecule has 0 aromatic heterocycles. The molecule has 0 aromatic carbocycles. The summed E-state index contributed by atoms with van der Waals surface area (Å²) in [7, 11) is 0. The predicted octanol–water partition coefficient (Wildman–Crippen LogP) is 16.7. The van der Waals surface area contributed by atoms with Crippen LogP contribution in [0, 0.1) is 0 Å². The number of hydrogen-bond acceptors (Lipinski definition) is 2. The van der Waals surface area contributed by atoms with Crippen molar-refractivity contribution < 1.29 is 14.6 Å². The fourth-order valence-corrected chi connectivity index (χ4v) is 6.84. The summed E-state index contributed by atoms with van der Waals surface area (Å²) in [6, 6.07) is 0. The minimum Gasteiger partial charge on any atom is -0.481 e. The van der Waals surface area contributed by atoms with Crippen LogP contribution in [0.15, 0.2) is 0 Å². The van der Waals surface area contributed by atoms with Gasteiger partial charge < -0.3 is 9.84 Å². The average Bonchev–Trinajstić information content (AvgIpc) is 3.10. The van der Waals surface area contributed by atoms with Gasteiger partial charge in [0.05, 0.1) is 0 Å². The first-order valence-electron chi connectivity index (χ1n) is 23.0. The van der Waals surface area contributed by atoms with Crippen molar-refractivity contribution in [2.24, 2.45) is 0 Å². The Morgan fingerprint density at radius 1 is 0.306 bits per heavy atom. The van der Waals surface area contributed by atoms with Gasteiger partial charge in [0.25, 0.3) is 0 Å². The van der Waals surface area contributed by atoms with E-state index in [1.807, 2.05) is 0 Å². The lowest BCUT2D eigenvalue weighted by molar-refractivity contribution is -0.137. The lowest BCUT2D eigenvalue weighted by Crippen LogP contribution is -1.97. The van der Waals surface area contributed by atoms with Gasteiger partial charge in [-0.05, 0) is 19.3 Å². The number of hydrogen-bond donors (Lipinski definition) is 1. The molecular weight excluding hydrogens is 601 g/mol. The van der Waals surface area contributed by atoms with Gasteiger partial charge in [-0.15, -0.1) is 0 Å². The molecule has 0 atom stereocenters. The number of carbonyl (C=O) groups is 1. The maximum atomic E-state index is 10.3. The molecule has 1 N–H and O–H groups in total. The van der Waals surface area contributed by atoms with Gasteiger partial charge in [-0.25, -0.2) is 0 Å². The molecule has 296 valence electrons. The second kappa shape index (κ2) is 49.5. The Labute approximate surface area is 310 Å². The zero-order valence-corrected chi connectivity index (χ0v) is 34.5. The predicted molar refractivity (Wildman–Crippen MR) is 220 cm³/mol. The van der Waals surface area contributed by atoms with E-state index in [-0.39, 0.29) is 0 Å². The summed E-state index contributed by atoms with van der Waals surface area (Å²) in [5.41, 5.74) is 0. The summed E-state index contributed by atoms with van der Waals surface area (Å²) < 4.78 is 5.82. The van der Waals surface area contributed by atoms with Crippen molar-refractivity contribution in [1.82, 2.24) is 0 Å². The second-order valence-electron chi connectivity index (χ2n) is 15.5. The monoisotopic (exact) mass is 695 g/mol. The van der Waals surface area contributed by atoms with Gasteiger partial charge in [-0.2, -0.15) is 0 Å². The topological polar surface area (TPSA) is 46.5 Å². The fourth-order valence-electron chi connectivity index (χ4n) is 6.84. The smallest absolute Gasteiger partial charge is 0.303 e. The van der Waals surface area contributed by atoms with E-state index in [9.17, 15) is 4.79 Å². The van der Waals surface area contributed by atoms with Crippen LogP contribution in [0.25, 0.3) is 0 Å². The van der Waals surface area contributed by atoms with Gasteiger partial charge in [0.1, 0.15) is 0 Å². The largest absolute Gasteiger partial charge is 0.481 e. The zero-order valence-electron chi connectivity index (χ0n) is 34.5. The molecule has 49 heavy (non-hydrogen) atoms. The van der Waals surface area contributed by atoms with E-state index in [1.165, 1.54) is 238 Å². The van der Waals surface area contributed by atoms with E-state index in [2.05, 4.69) is 20.8 Å². The van der Waals surface area contributed by atoms with Crippen molar-refractivity contribution in [2.45, 2.75) is 278 Å². The number of ether oxygens (including phenoxy) is 1. The van der Waals surface area contributed by atoms with Gasteiger partial charge in [0.2, 0.25) is 0 Å². The molecule has 0 fully saturated rings. The van der Waals surface area contributed by atoms with Crippen molar-refractivity contribution in [3.8, 4) is 0 Å². The van der Waals surface area contributed by atoms with E-state index in [0.29, 0.717) is 6.42 Å². The molecule has 0 amide bonds. The Balaban J connectivity index is 0. The maximum absolute atomic E-state index is 10.3. The first kappa shape index (κ1) is 50.5. The summed E-state index contributed by atoms with van der Waals surface area (Å²) >= 11 is 0. The Morgan fingerprint density at radius 2 is 0.490 bits per heavy atom. The molecule has 0 radical (unpaired) electrons. The Morgan fingerprint density at radius 3 is 0.694 bits per heavy atom. The van der Waals surface area contributed by atoms with Gasteiger partial charge in [0.15, 0.2) is 0 Å². The van der Waals surface area contributed by atoms with Crippen LogP contribution in [0.4, 0.5) is 0 Å². The minimum absolute atomic E-state index is 0.345. The lowest BCUT2D eigenvalue weighted by Gasteiger charge is -2.05. The van der Waals surface area contributed by atoms with Crippen LogP contribution in [0.1, 0.15) is 278 Å². The van der Waals surface area contributed by atoms with Crippen molar-refractivity contribution >= 4 is 5.97 Å². The molecule has 3 nitrogen and oxygen atoms in total. The molecule has 0 saturated heterocycles. The van der Waals surface area contributed by atoms with E-state index >= 15 is 0 Å². The standard InChI is InChI=1S/C28H58O.C18H36O2/c1-3-5-7-9-11-13-15-17-19-21-23-25-27-29-28-26-24-22-20-18-16-14-12-10-8-6-4-2;1-2-3-4-5-6-7-8-9-10-11-12-13-14-15-16-17-18(19)20/h3-28H2,1-2H3;2-17H2,1H3,(H,19,20). The molecule has 0 unspecified atom stereocenters. The zero-order chi connectivity index (χ0) is 36.0. The van der Waals surface area contributed by atoms with E-state index in [4.69, 9.17) is 9.84 Å². The molecule has 0 bridgehead atoms. The third-order valence-corrected chi connectivity index (χ3v) is 10.3. The number of aliphatic carboxylic acids is 1. The molecule has 0 aliphatic carbocycles. The van der Waals surface area contributed by atoms with E-state index in [1.54, 1.807) is 0 Å². The van der Waals surface area contributed by atoms with Gasteiger partial charge in [0, 0.05) is 19.6 Å². The van der Waals surface area contributed by atoms with Crippen LogP contribution in [-0.4, -0.2) is 24.3 Å². The molecule has 0 heterocycles. The van der Waals surface area contributed by atoms with E-state index < -0.39 is 5.97 Å². The minimum atomic E-state index is -0.653. The first-order valence-corrected chi connectivity index (χ1v) is 23.0. The highest BCUT2D eigenvalue weighted by Crippen LogP contribution is 2.15. The summed E-state index contributed by atoms with van der Waals surface area (Å²) in [5, 5.41) is 8.52. The normalized spacial score (nSPS) is 11.2. The third-order valence-electron chi connectivity index (χ3n) is 10.3. The van der Waals surface area contributed by atoms with Crippen LogP contribution in [0.2, 0.25) is 0 Å². The maximum Gasteiger partial charge on any atom is 0.303 e. The van der Waals surface area contributed by atoms with Crippen molar-refractivity contribution in [3.05, 3.63) is 0 Å². The quantitative estimate of drug-likeness (QED) is 0.0647. The highest BCUT2D eigenvalue weighted by Gasteiger charge is 1.98. The van der Waals surface area contributed by atoms with Crippen LogP contribution >= 0.6 is 0 Å². The Hall–Kier alpha value is -0.570. The molecule has 0 aliphatic heterocycles. The molecule has 0 spiro atoms. The van der Waals surface area contributed by atoms with Crippen LogP contribution in [0.5, 0.6) is 0 Å². The number of rotatable bonds is 42. The molecular formula is C46H94O3. The second-order valence-corrected chi connectivity index (χ2v) is 15.5. The highest BCUT2D eigenvalue weighted by atomic mass is 16.5. The van der Waals surface area contributed by atoms with Crippen LogP contribution < -0.4 is 0 Å². The third kappa shape index (κ3) is 54.4. The van der Waals surface area contributed by atoms with Crippen molar-refractivity contribution in [1.29, 1.82) is 0 Å². The van der Waals surface area contributed by atoms with E-state index in [0.717, 1.165) is 26.1 Å². The number of carboxylic acid groups (broad SMARTS) is 1. The summed E-state index contributed by atoms with van der Waals surface area (Å²) in [4.78, 5) is 10.3. The number of carboxylic acids is 1. The molecule has 0 aromatic rings. The molecule has 0 saturated carbocycles. The van der Waals surface area contributed by atoms with Gasteiger partial charge in [-0.3, -0.25) is 4.79 Å². The van der Waals surface area contributed by atoms with Crippen LogP contribution in [0.3, 0.4) is 0 Å². The highest BCUT2D eigenvalue weighted by molar-refractivity contribution is 5.66. The molecule has 0 aliphatic rings.